The normalized spacial score (nSPS) is 15.8. The quantitative estimate of drug-likeness (QED) is 0.686. The number of anilines is 2. The molecule has 0 unspecified atom stereocenters. The fourth-order valence-corrected chi connectivity index (χ4v) is 1.55. The van der Waals surface area contributed by atoms with Crippen molar-refractivity contribution in [3.8, 4) is 0 Å². The minimum atomic E-state index is -0.293. The largest absolute Gasteiger partial charge is 0.447 e. The van der Waals surface area contributed by atoms with Crippen LogP contribution in [0.4, 0.5) is 16.2 Å². The van der Waals surface area contributed by atoms with Crippen molar-refractivity contribution in [2.24, 2.45) is 0 Å². The molecular weight excluding hydrogens is 180 g/mol. The van der Waals surface area contributed by atoms with Crippen LogP contribution in [0.15, 0.2) is 18.2 Å². The average Bonchev–Trinajstić information content (AvgIpc) is 2.57. The summed E-state index contributed by atoms with van der Waals surface area (Å²) in [6.45, 7) is 2.95. The monoisotopic (exact) mass is 192 g/mol. The summed E-state index contributed by atoms with van der Waals surface area (Å²) in [6.07, 6.45) is -0.293. The van der Waals surface area contributed by atoms with Crippen molar-refractivity contribution in [3.05, 3.63) is 23.8 Å². The van der Waals surface area contributed by atoms with Crippen LogP contribution >= 0.6 is 0 Å². The van der Waals surface area contributed by atoms with Gasteiger partial charge in [0.1, 0.15) is 6.61 Å². The number of carbonyl (C=O) groups is 1. The van der Waals surface area contributed by atoms with E-state index < -0.39 is 0 Å². The lowest BCUT2D eigenvalue weighted by molar-refractivity contribution is 0.181. The number of hydrogen-bond acceptors (Lipinski definition) is 3. The van der Waals surface area contributed by atoms with E-state index in [-0.39, 0.29) is 6.09 Å². The fraction of sp³-hybridized carbons (Fsp3) is 0.300. The SMILES string of the molecule is Cc1c(N)cccc1N1CCOC1=O. The Morgan fingerprint density at radius 1 is 1.50 bits per heavy atom. The van der Waals surface area contributed by atoms with Gasteiger partial charge in [-0.1, -0.05) is 6.07 Å². The van der Waals surface area contributed by atoms with E-state index in [0.29, 0.717) is 18.8 Å². The molecule has 1 heterocycles. The molecular formula is C10H12N2O2. The Morgan fingerprint density at radius 2 is 2.29 bits per heavy atom. The van der Waals surface area contributed by atoms with Crippen molar-refractivity contribution in [3.63, 3.8) is 0 Å². The number of benzene rings is 1. The summed E-state index contributed by atoms with van der Waals surface area (Å²) in [5, 5.41) is 0. The molecule has 0 bridgehead atoms. The van der Waals surface area contributed by atoms with Gasteiger partial charge in [0.15, 0.2) is 0 Å². The summed E-state index contributed by atoms with van der Waals surface area (Å²) in [5.41, 5.74) is 8.21. The number of ether oxygens (including phenoxy) is 1. The highest BCUT2D eigenvalue weighted by atomic mass is 16.6. The first kappa shape index (κ1) is 8.87. The molecule has 1 fully saturated rings. The number of hydrogen-bond donors (Lipinski definition) is 1. The molecule has 4 nitrogen and oxygen atoms in total. The Balaban J connectivity index is 2.41. The van der Waals surface area contributed by atoms with Crippen LogP contribution in [-0.4, -0.2) is 19.2 Å². The summed E-state index contributed by atoms with van der Waals surface area (Å²) in [7, 11) is 0. The van der Waals surface area contributed by atoms with Crippen LogP contribution in [0.2, 0.25) is 0 Å². The lowest BCUT2D eigenvalue weighted by atomic mass is 10.1. The summed E-state index contributed by atoms with van der Waals surface area (Å²) in [4.78, 5) is 12.9. The highest BCUT2D eigenvalue weighted by Gasteiger charge is 2.24. The van der Waals surface area contributed by atoms with Crippen LogP contribution in [-0.2, 0) is 4.74 Å². The third kappa shape index (κ3) is 1.28. The van der Waals surface area contributed by atoms with Crippen LogP contribution in [0.1, 0.15) is 5.56 Å². The van der Waals surface area contributed by atoms with E-state index in [1.165, 1.54) is 0 Å². The zero-order valence-electron chi connectivity index (χ0n) is 7.99. The second-order valence-electron chi connectivity index (χ2n) is 3.26. The Labute approximate surface area is 82.3 Å². The summed E-state index contributed by atoms with van der Waals surface area (Å²) < 4.78 is 4.86. The molecule has 0 spiro atoms. The first-order chi connectivity index (χ1) is 6.70. The first-order valence-electron chi connectivity index (χ1n) is 4.49. The van der Waals surface area contributed by atoms with Gasteiger partial charge in [-0.15, -0.1) is 0 Å². The maximum absolute atomic E-state index is 11.3. The van der Waals surface area contributed by atoms with Crippen LogP contribution < -0.4 is 10.6 Å². The fourth-order valence-electron chi connectivity index (χ4n) is 1.55. The van der Waals surface area contributed by atoms with Crippen molar-refractivity contribution in [2.45, 2.75) is 6.92 Å². The molecule has 2 N–H and O–H groups in total. The summed E-state index contributed by atoms with van der Waals surface area (Å²) in [5.74, 6) is 0. The number of nitrogen functional groups attached to an aromatic ring is 1. The molecule has 0 aliphatic carbocycles. The average molecular weight is 192 g/mol. The summed E-state index contributed by atoms with van der Waals surface area (Å²) >= 11 is 0. The highest BCUT2D eigenvalue weighted by Crippen LogP contribution is 2.26. The Kier molecular flexibility index (Phi) is 2.04. The number of carbonyl (C=O) groups excluding carboxylic acids is 1. The topological polar surface area (TPSA) is 55.6 Å². The number of amides is 1. The molecule has 14 heavy (non-hydrogen) atoms. The van der Waals surface area contributed by atoms with Gasteiger partial charge in [0.2, 0.25) is 0 Å². The lowest BCUT2D eigenvalue weighted by Gasteiger charge is -2.16. The standard InChI is InChI=1S/C10H12N2O2/c1-7-8(11)3-2-4-9(7)12-5-6-14-10(12)13/h2-4H,5-6,11H2,1H3. The first-order valence-corrected chi connectivity index (χ1v) is 4.49. The van der Waals surface area contributed by atoms with Gasteiger partial charge in [-0.3, -0.25) is 4.90 Å². The Morgan fingerprint density at radius 3 is 2.93 bits per heavy atom. The molecule has 0 saturated carbocycles. The van der Waals surface area contributed by atoms with Gasteiger partial charge < -0.3 is 10.5 Å². The number of nitrogens with zero attached hydrogens (tertiary/aromatic N) is 1. The van der Waals surface area contributed by atoms with Crippen LogP contribution in [0.3, 0.4) is 0 Å². The van der Waals surface area contributed by atoms with E-state index in [0.717, 1.165) is 11.3 Å². The maximum atomic E-state index is 11.3. The van der Waals surface area contributed by atoms with Crippen molar-refractivity contribution >= 4 is 17.5 Å². The van der Waals surface area contributed by atoms with E-state index in [1.807, 2.05) is 25.1 Å². The van der Waals surface area contributed by atoms with Crippen LogP contribution in [0.25, 0.3) is 0 Å². The molecule has 1 aliphatic heterocycles. The Hall–Kier alpha value is -1.71. The second-order valence-corrected chi connectivity index (χ2v) is 3.26. The third-order valence-corrected chi connectivity index (χ3v) is 2.40. The molecule has 74 valence electrons. The van der Waals surface area contributed by atoms with Crippen molar-refractivity contribution in [1.29, 1.82) is 0 Å². The second kappa shape index (κ2) is 3.21. The molecule has 1 amide bonds. The van der Waals surface area contributed by atoms with E-state index in [1.54, 1.807) is 4.90 Å². The smallest absolute Gasteiger partial charge is 0.414 e. The number of cyclic esters (lactones) is 1. The van der Waals surface area contributed by atoms with E-state index >= 15 is 0 Å². The van der Waals surface area contributed by atoms with E-state index in [4.69, 9.17) is 10.5 Å². The minimum absolute atomic E-state index is 0.293. The Bertz CT molecular complexity index is 376. The molecule has 1 aromatic rings. The van der Waals surface area contributed by atoms with Crippen molar-refractivity contribution < 1.29 is 9.53 Å². The van der Waals surface area contributed by atoms with E-state index in [9.17, 15) is 4.79 Å². The number of nitrogens with two attached hydrogens (primary N) is 1. The van der Waals surface area contributed by atoms with Crippen LogP contribution in [0.5, 0.6) is 0 Å². The molecule has 0 aromatic heterocycles. The highest BCUT2D eigenvalue weighted by molar-refractivity contribution is 5.91. The molecule has 0 atom stereocenters. The maximum Gasteiger partial charge on any atom is 0.414 e. The molecule has 1 saturated heterocycles. The zero-order valence-corrected chi connectivity index (χ0v) is 7.99. The predicted molar refractivity (Wildman–Crippen MR) is 54.3 cm³/mol. The lowest BCUT2D eigenvalue weighted by Crippen LogP contribution is -2.24. The molecule has 2 rings (SSSR count). The van der Waals surface area contributed by atoms with E-state index in [2.05, 4.69) is 0 Å². The predicted octanol–water partition coefficient (Wildman–Crippen LogP) is 1.53. The third-order valence-electron chi connectivity index (χ3n) is 2.40. The van der Waals surface area contributed by atoms with Crippen LogP contribution in [0, 0.1) is 6.92 Å². The summed E-state index contributed by atoms with van der Waals surface area (Å²) in [6, 6.07) is 5.53. The van der Waals surface area contributed by atoms with Gasteiger partial charge in [0.05, 0.1) is 12.2 Å². The number of rotatable bonds is 1. The van der Waals surface area contributed by atoms with Gasteiger partial charge in [-0.05, 0) is 24.6 Å². The van der Waals surface area contributed by atoms with Gasteiger partial charge in [-0.2, -0.15) is 0 Å². The van der Waals surface area contributed by atoms with Gasteiger partial charge >= 0.3 is 6.09 Å². The minimum Gasteiger partial charge on any atom is -0.447 e. The molecule has 4 heteroatoms. The van der Waals surface area contributed by atoms with Gasteiger partial charge in [0.25, 0.3) is 0 Å². The van der Waals surface area contributed by atoms with Gasteiger partial charge in [-0.25, -0.2) is 4.79 Å². The molecule has 1 aliphatic rings. The van der Waals surface area contributed by atoms with Crippen molar-refractivity contribution in [2.75, 3.05) is 23.8 Å². The van der Waals surface area contributed by atoms with Gasteiger partial charge in [0, 0.05) is 5.69 Å². The van der Waals surface area contributed by atoms with Crippen molar-refractivity contribution in [1.82, 2.24) is 0 Å². The molecule has 0 radical (unpaired) electrons. The molecule has 1 aromatic carbocycles. The zero-order chi connectivity index (χ0) is 10.1.